The van der Waals surface area contributed by atoms with Gasteiger partial charge in [-0.25, -0.2) is 0 Å². The Bertz CT molecular complexity index is 388. The Morgan fingerprint density at radius 3 is 1.00 bits per heavy atom. The molecule has 0 bridgehead atoms. The van der Waals surface area contributed by atoms with Gasteiger partial charge in [0.25, 0.3) is 0 Å². The molecule has 0 aliphatic heterocycles. The van der Waals surface area contributed by atoms with Gasteiger partial charge in [-0.2, -0.15) is 0 Å². The van der Waals surface area contributed by atoms with Gasteiger partial charge < -0.3 is 0 Å². The Hall–Kier alpha value is -1.82. The lowest BCUT2D eigenvalue weighted by Crippen LogP contribution is -1.71. The molecule has 1 aromatic carbocycles. The van der Waals surface area contributed by atoms with Crippen LogP contribution in [0.3, 0.4) is 0 Å². The van der Waals surface area contributed by atoms with Crippen molar-refractivity contribution >= 4 is 0 Å². The van der Waals surface area contributed by atoms with Gasteiger partial charge in [0, 0.05) is 0 Å². The molecule has 0 radical (unpaired) electrons. The number of hydrogen-bond acceptors (Lipinski definition) is 0. The fourth-order valence-electron chi connectivity index (χ4n) is 1.18. The molecule has 0 unspecified atom stereocenters. The van der Waals surface area contributed by atoms with Crippen molar-refractivity contribution in [3.63, 3.8) is 0 Å². The van der Waals surface area contributed by atoms with Gasteiger partial charge in [0.1, 0.15) is 0 Å². The van der Waals surface area contributed by atoms with Crippen LogP contribution >= 0.6 is 0 Å². The molecule has 0 amide bonds. The topological polar surface area (TPSA) is 0 Å². The van der Waals surface area contributed by atoms with Crippen LogP contribution in [-0.2, 0) is 0 Å². The lowest BCUT2D eigenvalue weighted by atomic mass is 10.2. The highest BCUT2D eigenvalue weighted by Gasteiger charge is 1.81. The summed E-state index contributed by atoms with van der Waals surface area (Å²) in [7, 11) is 0. The highest BCUT2D eigenvalue weighted by atomic mass is 13.9. The first-order chi connectivity index (χ1) is 7.80. The van der Waals surface area contributed by atoms with Crippen molar-refractivity contribution in [3.05, 3.63) is 83.9 Å². The molecule has 82 valence electrons. The van der Waals surface area contributed by atoms with Crippen LogP contribution in [0, 0.1) is 13.8 Å². The SMILES string of the molecule is Cc1ccccccccccccc1C. The fraction of sp³-hybridized carbons (Fsp3) is 0.125. The molecule has 1 aromatic rings. The van der Waals surface area contributed by atoms with E-state index in [2.05, 4.69) is 38.1 Å². The van der Waals surface area contributed by atoms with Crippen LogP contribution in [0.5, 0.6) is 0 Å². The van der Waals surface area contributed by atoms with E-state index in [1.165, 1.54) is 11.1 Å². The summed E-state index contributed by atoms with van der Waals surface area (Å²) >= 11 is 0. The summed E-state index contributed by atoms with van der Waals surface area (Å²) in [6, 6.07) is 24.5. The van der Waals surface area contributed by atoms with E-state index in [9.17, 15) is 0 Å². The lowest BCUT2D eigenvalue weighted by Gasteiger charge is -1.90. The molecule has 0 aliphatic rings. The van der Waals surface area contributed by atoms with Gasteiger partial charge in [-0.15, -0.1) is 0 Å². The van der Waals surface area contributed by atoms with Gasteiger partial charge >= 0.3 is 0 Å². The third-order valence-electron chi connectivity index (χ3n) is 2.31. The first-order valence-electron chi connectivity index (χ1n) is 5.49. The van der Waals surface area contributed by atoms with Crippen LogP contribution in [0.15, 0.2) is 72.8 Å². The minimum Gasteiger partial charge on any atom is -0.0623 e. The molecule has 16 heavy (non-hydrogen) atoms. The third kappa shape index (κ3) is 5.16. The van der Waals surface area contributed by atoms with E-state index in [1.54, 1.807) is 0 Å². The van der Waals surface area contributed by atoms with E-state index in [-0.39, 0.29) is 0 Å². The predicted octanol–water partition coefficient (Wildman–Crippen LogP) is 4.55. The van der Waals surface area contributed by atoms with E-state index in [4.69, 9.17) is 0 Å². The summed E-state index contributed by atoms with van der Waals surface area (Å²) in [5.74, 6) is 0. The molecule has 0 saturated heterocycles. The quantitative estimate of drug-likeness (QED) is 0.589. The zero-order chi connectivity index (χ0) is 11.6. The highest BCUT2D eigenvalue weighted by molar-refractivity contribution is 5.20. The first-order valence-corrected chi connectivity index (χ1v) is 5.49. The van der Waals surface area contributed by atoms with Crippen LogP contribution in [0.2, 0.25) is 0 Å². The van der Waals surface area contributed by atoms with Crippen LogP contribution in [0.1, 0.15) is 11.1 Å². The van der Waals surface area contributed by atoms with Crippen molar-refractivity contribution in [1.29, 1.82) is 0 Å². The summed E-state index contributed by atoms with van der Waals surface area (Å²) in [6.45, 7) is 4.24. The van der Waals surface area contributed by atoms with Crippen LogP contribution in [0.4, 0.5) is 0 Å². The van der Waals surface area contributed by atoms with Crippen LogP contribution < -0.4 is 0 Å². The number of aryl methyl sites for hydroxylation is 2. The average molecular weight is 210 g/mol. The van der Waals surface area contributed by atoms with Gasteiger partial charge in [-0.3, -0.25) is 0 Å². The maximum atomic E-state index is 2.12. The van der Waals surface area contributed by atoms with Gasteiger partial charge in [0.2, 0.25) is 0 Å². The Kier molecular flexibility index (Phi) is 5.72. The molecule has 0 aromatic heterocycles. The zero-order valence-corrected chi connectivity index (χ0v) is 9.93. The van der Waals surface area contributed by atoms with Gasteiger partial charge in [0.15, 0.2) is 0 Å². The molecule has 1 rings (SSSR count). The molecule has 0 fully saturated rings. The van der Waals surface area contributed by atoms with Crippen molar-refractivity contribution in [2.24, 2.45) is 0 Å². The van der Waals surface area contributed by atoms with E-state index < -0.39 is 0 Å². The summed E-state index contributed by atoms with van der Waals surface area (Å²) in [5, 5.41) is 0. The highest BCUT2D eigenvalue weighted by Crippen LogP contribution is 1.99. The average Bonchev–Trinajstić information content (AvgIpc) is 2.29. The minimum absolute atomic E-state index is 1.28. The second-order valence-corrected chi connectivity index (χ2v) is 3.62. The lowest BCUT2D eigenvalue weighted by molar-refractivity contribution is 1.36. The number of hydrogen-bond donors (Lipinski definition) is 0. The summed E-state index contributed by atoms with van der Waals surface area (Å²) < 4.78 is 0. The molecule has 0 heterocycles. The second kappa shape index (κ2) is 7.47. The predicted molar refractivity (Wildman–Crippen MR) is 71.2 cm³/mol. The van der Waals surface area contributed by atoms with Gasteiger partial charge in [-0.1, -0.05) is 72.8 Å². The zero-order valence-electron chi connectivity index (χ0n) is 9.93. The van der Waals surface area contributed by atoms with E-state index >= 15 is 0 Å². The number of rotatable bonds is 0. The van der Waals surface area contributed by atoms with E-state index in [0.717, 1.165) is 0 Å². The van der Waals surface area contributed by atoms with E-state index in [1.807, 2.05) is 48.5 Å². The van der Waals surface area contributed by atoms with Crippen molar-refractivity contribution in [2.75, 3.05) is 0 Å². The van der Waals surface area contributed by atoms with Crippen LogP contribution in [-0.4, -0.2) is 0 Å². The molecular formula is C16H18. The van der Waals surface area contributed by atoms with Crippen molar-refractivity contribution in [3.8, 4) is 0 Å². The standard InChI is InChI=1S/C16H18/c1-15-13-11-9-7-5-3-4-6-8-10-12-14-16(15)2/h3-14H,1-2H3. The molecule has 0 N–H and O–H groups in total. The van der Waals surface area contributed by atoms with Gasteiger partial charge in [-0.05, 0) is 25.0 Å². The Morgan fingerprint density at radius 1 is 0.438 bits per heavy atom. The maximum absolute atomic E-state index is 2.12. The second-order valence-electron chi connectivity index (χ2n) is 3.62. The molecule has 0 spiro atoms. The third-order valence-corrected chi connectivity index (χ3v) is 2.31. The Morgan fingerprint density at radius 2 is 0.688 bits per heavy atom. The van der Waals surface area contributed by atoms with Crippen molar-refractivity contribution in [1.82, 2.24) is 0 Å². The fourth-order valence-corrected chi connectivity index (χ4v) is 1.18. The van der Waals surface area contributed by atoms with Crippen molar-refractivity contribution < 1.29 is 0 Å². The largest absolute Gasteiger partial charge is 0.0623 e. The smallest absolute Gasteiger partial charge is 0.0395 e. The first kappa shape index (κ1) is 12.3. The molecule has 0 atom stereocenters. The molecule has 0 saturated carbocycles. The van der Waals surface area contributed by atoms with Crippen LogP contribution in [0.25, 0.3) is 0 Å². The summed E-state index contributed by atoms with van der Waals surface area (Å²) in [5.41, 5.74) is 2.57. The molecule has 0 nitrogen and oxygen atoms in total. The summed E-state index contributed by atoms with van der Waals surface area (Å²) in [4.78, 5) is 0. The molecule has 0 aliphatic carbocycles. The maximum Gasteiger partial charge on any atom is -0.0395 e. The van der Waals surface area contributed by atoms with Crippen molar-refractivity contribution in [2.45, 2.75) is 13.8 Å². The summed E-state index contributed by atoms with van der Waals surface area (Å²) in [6.07, 6.45) is 0. The minimum atomic E-state index is 1.28. The Balaban J connectivity index is 3.24. The molecular weight excluding hydrogens is 192 g/mol. The Labute approximate surface area is 98.2 Å². The van der Waals surface area contributed by atoms with E-state index in [0.29, 0.717) is 0 Å². The normalized spacial score (nSPS) is 8.62. The monoisotopic (exact) mass is 210 g/mol. The van der Waals surface area contributed by atoms with Gasteiger partial charge in [0.05, 0.1) is 0 Å². The molecule has 0 heteroatoms.